The molecule has 1 aromatic rings. The highest BCUT2D eigenvalue weighted by Gasteiger charge is 2.15. The molecule has 16 heavy (non-hydrogen) atoms. The predicted octanol–water partition coefficient (Wildman–Crippen LogP) is 2.42. The maximum atomic E-state index is 11.6. The minimum atomic E-state index is -0.401. The summed E-state index contributed by atoms with van der Waals surface area (Å²) in [5.41, 5.74) is 1.11. The first kappa shape index (κ1) is 12.6. The van der Waals surface area contributed by atoms with Crippen molar-refractivity contribution in [1.29, 1.82) is 0 Å². The second kappa shape index (κ2) is 5.56. The fourth-order valence-electron chi connectivity index (χ4n) is 1.28. The third-order valence-corrected chi connectivity index (χ3v) is 2.29. The van der Waals surface area contributed by atoms with Crippen molar-refractivity contribution in [3.8, 4) is 0 Å². The van der Waals surface area contributed by atoms with Gasteiger partial charge in [-0.3, -0.25) is 0 Å². The molecule has 1 rings (SSSR count). The second-order valence-corrected chi connectivity index (χ2v) is 3.89. The van der Waals surface area contributed by atoms with Crippen LogP contribution in [0, 0.1) is 0 Å². The third-order valence-electron chi connectivity index (χ3n) is 1.96. The van der Waals surface area contributed by atoms with E-state index in [1.54, 1.807) is 23.2 Å². The van der Waals surface area contributed by atoms with Gasteiger partial charge in [0.05, 0.1) is 12.7 Å². The van der Waals surface area contributed by atoms with Gasteiger partial charge in [-0.1, -0.05) is 29.8 Å². The fourth-order valence-corrected chi connectivity index (χ4v) is 1.52. The van der Waals surface area contributed by atoms with Crippen LogP contribution in [0.15, 0.2) is 30.5 Å². The van der Waals surface area contributed by atoms with Crippen LogP contribution in [0.4, 0.5) is 0 Å². The summed E-state index contributed by atoms with van der Waals surface area (Å²) in [5, 5.41) is 0.529. The minimum absolute atomic E-state index is 0.401. The van der Waals surface area contributed by atoms with Crippen LogP contribution in [0.2, 0.25) is 5.02 Å². The Morgan fingerprint density at radius 3 is 2.50 bits per heavy atom. The molecule has 0 N–H and O–H groups in total. The topological polar surface area (TPSA) is 29.5 Å². The predicted molar refractivity (Wildman–Crippen MR) is 65.1 cm³/mol. The van der Waals surface area contributed by atoms with E-state index in [0.717, 1.165) is 0 Å². The molecule has 0 spiro atoms. The smallest absolute Gasteiger partial charge is 0.340 e. The second-order valence-electron chi connectivity index (χ2n) is 3.48. The first-order valence-corrected chi connectivity index (χ1v) is 5.15. The highest BCUT2D eigenvalue weighted by atomic mass is 35.5. The molecule has 1 aromatic carbocycles. The Balaban J connectivity index is 3.22. The fraction of sp³-hybridized carbons (Fsp3) is 0.250. The Labute approximate surface area is 100 Å². The highest BCUT2D eigenvalue weighted by molar-refractivity contribution is 6.34. The summed E-state index contributed by atoms with van der Waals surface area (Å²) in [6, 6.07) is 7.17. The lowest BCUT2D eigenvalue weighted by atomic mass is 10.1. The molecule has 0 aromatic heterocycles. The van der Waals surface area contributed by atoms with E-state index in [2.05, 4.69) is 0 Å². The lowest BCUT2D eigenvalue weighted by Gasteiger charge is -2.11. The number of carbonyl (C=O) groups is 1. The van der Waals surface area contributed by atoms with Crippen LogP contribution >= 0.6 is 11.6 Å². The molecule has 0 aliphatic carbocycles. The van der Waals surface area contributed by atoms with Gasteiger partial charge in [0.25, 0.3) is 0 Å². The molecule has 3 nitrogen and oxygen atoms in total. The lowest BCUT2D eigenvalue weighted by Crippen LogP contribution is -2.10. The zero-order valence-corrected chi connectivity index (χ0v) is 10.3. The molecule has 0 saturated heterocycles. The molecular formula is C12H14ClNO2. The van der Waals surface area contributed by atoms with Crippen molar-refractivity contribution >= 4 is 23.1 Å². The summed E-state index contributed by atoms with van der Waals surface area (Å²) in [6.07, 6.45) is 1.69. The Morgan fingerprint density at radius 2 is 2.00 bits per heavy atom. The Hall–Kier alpha value is -1.48. The van der Waals surface area contributed by atoms with E-state index >= 15 is 0 Å². The SMILES string of the molecule is COC(=O)C(=CN(C)C)c1ccccc1Cl. The van der Waals surface area contributed by atoms with Crippen LogP contribution in [0.5, 0.6) is 0 Å². The van der Waals surface area contributed by atoms with Gasteiger partial charge >= 0.3 is 5.97 Å². The van der Waals surface area contributed by atoms with Gasteiger partial charge in [-0.15, -0.1) is 0 Å². The van der Waals surface area contributed by atoms with Gasteiger partial charge in [0.2, 0.25) is 0 Å². The van der Waals surface area contributed by atoms with Crippen LogP contribution in [-0.4, -0.2) is 32.1 Å². The van der Waals surface area contributed by atoms with Crippen molar-refractivity contribution in [3.63, 3.8) is 0 Å². The molecule has 0 saturated carbocycles. The molecule has 0 atom stereocenters. The van der Waals surface area contributed by atoms with Crippen molar-refractivity contribution in [2.24, 2.45) is 0 Å². The molecule has 0 aliphatic rings. The molecular weight excluding hydrogens is 226 g/mol. The standard InChI is InChI=1S/C12H14ClNO2/c1-14(2)8-10(12(15)16-3)9-6-4-5-7-11(9)13/h4-8H,1-3H3. The number of halogens is 1. The Morgan fingerprint density at radius 1 is 1.38 bits per heavy atom. The van der Waals surface area contributed by atoms with Gasteiger partial charge in [-0.2, -0.15) is 0 Å². The zero-order chi connectivity index (χ0) is 12.1. The van der Waals surface area contributed by atoms with Gasteiger partial charge < -0.3 is 9.64 Å². The van der Waals surface area contributed by atoms with E-state index in [0.29, 0.717) is 16.2 Å². The number of hydrogen-bond donors (Lipinski definition) is 0. The van der Waals surface area contributed by atoms with Gasteiger partial charge in [-0.25, -0.2) is 4.79 Å². The van der Waals surface area contributed by atoms with Gasteiger partial charge in [0.15, 0.2) is 0 Å². The van der Waals surface area contributed by atoms with Crippen molar-refractivity contribution in [2.45, 2.75) is 0 Å². The third kappa shape index (κ3) is 3.00. The van der Waals surface area contributed by atoms with Crippen molar-refractivity contribution < 1.29 is 9.53 Å². The molecule has 0 aliphatic heterocycles. The largest absolute Gasteiger partial charge is 0.465 e. The van der Waals surface area contributed by atoms with Crippen LogP contribution in [-0.2, 0) is 9.53 Å². The summed E-state index contributed by atoms with van der Waals surface area (Å²) in [4.78, 5) is 13.4. The number of methoxy groups -OCH3 is 1. The first-order chi connectivity index (χ1) is 7.56. The van der Waals surface area contributed by atoms with Gasteiger partial charge in [-0.05, 0) is 6.07 Å². The number of nitrogens with zero attached hydrogens (tertiary/aromatic N) is 1. The van der Waals surface area contributed by atoms with Crippen LogP contribution in [0.25, 0.3) is 5.57 Å². The van der Waals surface area contributed by atoms with Gasteiger partial charge in [0.1, 0.15) is 0 Å². The Kier molecular flexibility index (Phi) is 4.38. The number of hydrogen-bond acceptors (Lipinski definition) is 3. The Bertz CT molecular complexity index is 413. The van der Waals surface area contributed by atoms with E-state index in [9.17, 15) is 4.79 Å². The number of esters is 1. The highest BCUT2D eigenvalue weighted by Crippen LogP contribution is 2.24. The number of rotatable bonds is 3. The van der Waals surface area contributed by atoms with Crippen molar-refractivity contribution in [3.05, 3.63) is 41.1 Å². The number of ether oxygens (including phenoxy) is 1. The maximum Gasteiger partial charge on any atom is 0.340 e. The number of benzene rings is 1. The van der Waals surface area contributed by atoms with Crippen LogP contribution < -0.4 is 0 Å². The van der Waals surface area contributed by atoms with E-state index in [4.69, 9.17) is 16.3 Å². The number of carbonyl (C=O) groups excluding carboxylic acids is 1. The molecule has 86 valence electrons. The van der Waals surface area contributed by atoms with E-state index in [-0.39, 0.29) is 0 Å². The van der Waals surface area contributed by atoms with Crippen LogP contribution in [0.3, 0.4) is 0 Å². The molecule has 0 unspecified atom stereocenters. The van der Waals surface area contributed by atoms with Crippen LogP contribution in [0.1, 0.15) is 5.56 Å². The summed E-state index contributed by atoms with van der Waals surface area (Å²) in [6.45, 7) is 0. The normalized spacial score (nSPS) is 11.1. The molecule has 4 heteroatoms. The van der Waals surface area contributed by atoms with E-state index in [1.807, 2.05) is 26.2 Å². The van der Waals surface area contributed by atoms with Gasteiger partial charge in [0, 0.05) is 30.9 Å². The van der Waals surface area contributed by atoms with E-state index in [1.165, 1.54) is 7.11 Å². The lowest BCUT2D eigenvalue weighted by molar-refractivity contribution is -0.133. The zero-order valence-electron chi connectivity index (χ0n) is 9.53. The molecule has 0 fully saturated rings. The monoisotopic (exact) mass is 239 g/mol. The molecule has 0 bridgehead atoms. The summed E-state index contributed by atoms with van der Waals surface area (Å²) in [7, 11) is 5.02. The maximum absolute atomic E-state index is 11.6. The summed E-state index contributed by atoms with van der Waals surface area (Å²) in [5.74, 6) is -0.401. The molecule has 0 radical (unpaired) electrons. The van der Waals surface area contributed by atoms with E-state index < -0.39 is 5.97 Å². The average Bonchev–Trinajstić information content (AvgIpc) is 2.26. The molecule has 0 heterocycles. The van der Waals surface area contributed by atoms with Crippen molar-refractivity contribution in [1.82, 2.24) is 4.90 Å². The minimum Gasteiger partial charge on any atom is -0.465 e. The average molecular weight is 240 g/mol. The molecule has 0 amide bonds. The van der Waals surface area contributed by atoms with Crippen molar-refractivity contribution in [2.75, 3.05) is 21.2 Å². The summed E-state index contributed by atoms with van der Waals surface area (Å²) >= 11 is 6.04. The first-order valence-electron chi connectivity index (χ1n) is 4.77. The quantitative estimate of drug-likeness (QED) is 0.599. The summed E-state index contributed by atoms with van der Waals surface area (Å²) < 4.78 is 4.73.